The average Bonchev–Trinajstić information content (AvgIpc) is 3.15. The minimum atomic E-state index is -3.04. The fourth-order valence-electron chi connectivity index (χ4n) is 2.47. The van der Waals surface area contributed by atoms with Gasteiger partial charge in [0.25, 0.3) is 17.7 Å². The van der Waals surface area contributed by atoms with Gasteiger partial charge in [0.1, 0.15) is 10.7 Å². The van der Waals surface area contributed by atoms with Crippen LogP contribution < -0.4 is 15.4 Å². The number of carbonyl (C=O) groups is 2. The Morgan fingerprint density at radius 3 is 2.41 bits per heavy atom. The van der Waals surface area contributed by atoms with Gasteiger partial charge in [0, 0.05) is 12.6 Å². The minimum Gasteiger partial charge on any atom is -0.470 e. The topological polar surface area (TPSA) is 106 Å². The van der Waals surface area contributed by atoms with Crippen LogP contribution in [-0.2, 0) is 0 Å². The molecule has 0 aliphatic carbocycles. The van der Waals surface area contributed by atoms with Gasteiger partial charge in [-0.15, -0.1) is 11.3 Å². The molecule has 0 aliphatic heterocycles. The first-order valence-corrected chi connectivity index (χ1v) is 10.0. The molecule has 32 heavy (non-hydrogen) atoms. The summed E-state index contributed by atoms with van der Waals surface area (Å²) in [5.41, 5.74) is 0.338. The van der Waals surface area contributed by atoms with Crippen LogP contribution in [0.3, 0.4) is 0 Å². The Hall–Kier alpha value is -3.54. The smallest absolute Gasteiger partial charge is 0.278 e. The van der Waals surface area contributed by atoms with E-state index in [2.05, 4.69) is 25.6 Å². The fourth-order valence-corrected chi connectivity index (χ4v) is 3.14. The molecule has 8 nitrogen and oxygen atoms in total. The first-order valence-electron chi connectivity index (χ1n) is 9.20. The zero-order valence-electron chi connectivity index (χ0n) is 17.2. The number of hydrogen-bond acceptors (Lipinski definition) is 7. The molecule has 12 heteroatoms. The van der Waals surface area contributed by atoms with Gasteiger partial charge in [-0.3, -0.25) is 9.59 Å². The molecule has 168 valence electrons. The van der Waals surface area contributed by atoms with Crippen molar-refractivity contribution in [1.29, 1.82) is 0 Å². The molecule has 2 N–H and O–H groups in total. The van der Waals surface area contributed by atoms with Gasteiger partial charge in [-0.1, -0.05) is 0 Å². The standard InChI is InChI=1S/C20H18F3N5O3S/c1-10-4-13(21)12(5-14(10)27-19(30)15-6-24-11(2)32-15)18(29)28-16-7-26-17(8-25-16)31-9-20(3,22)23/h4-8H,9H2,1-3H3,(H,27,30)(H,25,28,29). The molecule has 0 bridgehead atoms. The van der Waals surface area contributed by atoms with Crippen LogP contribution in [0.4, 0.5) is 24.7 Å². The summed E-state index contributed by atoms with van der Waals surface area (Å²) in [5.74, 6) is -5.32. The number of amides is 2. The van der Waals surface area contributed by atoms with Crippen LogP contribution in [-0.4, -0.2) is 39.3 Å². The Kier molecular flexibility index (Phi) is 6.72. The molecule has 0 saturated carbocycles. The first kappa shape index (κ1) is 23.1. The second-order valence-corrected chi connectivity index (χ2v) is 8.13. The number of alkyl halides is 2. The van der Waals surface area contributed by atoms with E-state index in [1.165, 1.54) is 23.6 Å². The quantitative estimate of drug-likeness (QED) is 0.541. The van der Waals surface area contributed by atoms with E-state index in [-0.39, 0.29) is 22.9 Å². The molecule has 0 aliphatic rings. The highest BCUT2D eigenvalue weighted by atomic mass is 32.1. The van der Waals surface area contributed by atoms with E-state index >= 15 is 0 Å². The Balaban J connectivity index is 1.72. The Morgan fingerprint density at radius 1 is 1.06 bits per heavy atom. The molecular weight excluding hydrogens is 447 g/mol. The van der Waals surface area contributed by atoms with Crippen LogP contribution in [0, 0.1) is 19.7 Å². The van der Waals surface area contributed by atoms with Crippen LogP contribution in [0.2, 0.25) is 0 Å². The molecule has 3 aromatic rings. The number of aryl methyl sites for hydroxylation is 2. The summed E-state index contributed by atoms with van der Waals surface area (Å²) in [4.78, 5) is 36.9. The monoisotopic (exact) mass is 465 g/mol. The van der Waals surface area contributed by atoms with Crippen molar-refractivity contribution in [2.75, 3.05) is 17.2 Å². The molecule has 2 heterocycles. The molecule has 0 fully saturated rings. The molecule has 2 aromatic heterocycles. The number of aromatic nitrogens is 3. The highest BCUT2D eigenvalue weighted by Gasteiger charge is 2.22. The van der Waals surface area contributed by atoms with E-state index in [1.54, 1.807) is 13.8 Å². The number of carbonyl (C=O) groups excluding carboxylic acids is 2. The maximum atomic E-state index is 14.4. The number of rotatable bonds is 7. The fraction of sp³-hybridized carbons (Fsp3) is 0.250. The Labute approximate surface area is 184 Å². The summed E-state index contributed by atoms with van der Waals surface area (Å²) in [6, 6.07) is 2.33. The predicted octanol–water partition coefficient (Wildman–Crippen LogP) is 4.23. The molecule has 3 rings (SSSR count). The third-order valence-corrected chi connectivity index (χ3v) is 4.91. The minimum absolute atomic E-state index is 0.0451. The van der Waals surface area contributed by atoms with Crippen molar-refractivity contribution >= 4 is 34.7 Å². The normalized spacial score (nSPS) is 11.2. The van der Waals surface area contributed by atoms with Gasteiger partial charge in [0.05, 0.1) is 29.2 Å². The lowest BCUT2D eigenvalue weighted by molar-refractivity contribution is -0.0243. The third-order valence-electron chi connectivity index (χ3n) is 4.00. The number of anilines is 2. The third kappa shape index (κ3) is 6.00. The molecular formula is C20H18F3N5O3S. The predicted molar refractivity (Wildman–Crippen MR) is 112 cm³/mol. The molecule has 2 amide bonds. The largest absolute Gasteiger partial charge is 0.470 e. The summed E-state index contributed by atoms with van der Waals surface area (Å²) in [6.45, 7) is 3.16. The van der Waals surface area contributed by atoms with E-state index in [4.69, 9.17) is 4.74 Å². The van der Waals surface area contributed by atoms with Gasteiger partial charge in [0.2, 0.25) is 5.88 Å². The summed E-state index contributed by atoms with van der Waals surface area (Å²) >= 11 is 1.20. The molecule has 1 aromatic carbocycles. The lowest BCUT2D eigenvalue weighted by atomic mass is 10.1. The maximum absolute atomic E-state index is 14.4. The van der Waals surface area contributed by atoms with Gasteiger partial charge >= 0.3 is 0 Å². The number of nitrogens with one attached hydrogen (secondary N) is 2. The average molecular weight is 465 g/mol. The van der Waals surface area contributed by atoms with Crippen molar-refractivity contribution in [2.24, 2.45) is 0 Å². The van der Waals surface area contributed by atoms with Crippen LogP contribution in [0.25, 0.3) is 0 Å². The lowest BCUT2D eigenvalue weighted by Gasteiger charge is -2.12. The van der Waals surface area contributed by atoms with Gasteiger partial charge in [-0.05, 0) is 31.5 Å². The van der Waals surface area contributed by atoms with Gasteiger partial charge < -0.3 is 15.4 Å². The molecule has 0 atom stereocenters. The summed E-state index contributed by atoms with van der Waals surface area (Å²) in [5, 5.41) is 5.71. The maximum Gasteiger partial charge on any atom is 0.278 e. The lowest BCUT2D eigenvalue weighted by Crippen LogP contribution is -2.21. The van der Waals surface area contributed by atoms with E-state index in [0.717, 1.165) is 18.5 Å². The number of thiazole rings is 1. The highest BCUT2D eigenvalue weighted by molar-refractivity contribution is 7.13. The van der Waals surface area contributed by atoms with Crippen molar-refractivity contribution in [1.82, 2.24) is 15.0 Å². The van der Waals surface area contributed by atoms with Crippen LogP contribution >= 0.6 is 11.3 Å². The van der Waals surface area contributed by atoms with Gasteiger partial charge in [0.15, 0.2) is 12.4 Å². The molecule has 0 unspecified atom stereocenters. The highest BCUT2D eigenvalue weighted by Crippen LogP contribution is 2.23. The number of benzene rings is 1. The summed E-state index contributed by atoms with van der Waals surface area (Å²) in [7, 11) is 0. The molecule has 0 radical (unpaired) electrons. The van der Waals surface area contributed by atoms with E-state index in [9.17, 15) is 22.8 Å². The first-order chi connectivity index (χ1) is 15.0. The van der Waals surface area contributed by atoms with Gasteiger partial charge in [-0.2, -0.15) is 0 Å². The molecule has 0 spiro atoms. The van der Waals surface area contributed by atoms with E-state index in [0.29, 0.717) is 22.4 Å². The van der Waals surface area contributed by atoms with E-state index in [1.807, 2.05) is 0 Å². The zero-order valence-corrected chi connectivity index (χ0v) is 18.0. The van der Waals surface area contributed by atoms with Crippen LogP contribution in [0.5, 0.6) is 5.88 Å². The Morgan fingerprint density at radius 2 is 1.81 bits per heavy atom. The zero-order chi connectivity index (χ0) is 23.5. The van der Waals surface area contributed by atoms with Crippen LogP contribution in [0.1, 0.15) is 37.5 Å². The number of nitrogens with zero attached hydrogens (tertiary/aromatic N) is 3. The number of ether oxygens (including phenoxy) is 1. The Bertz CT molecular complexity index is 1150. The number of halogens is 3. The summed E-state index contributed by atoms with van der Waals surface area (Å²) in [6.07, 6.45) is 3.56. The second-order valence-electron chi connectivity index (χ2n) is 6.90. The van der Waals surface area contributed by atoms with Gasteiger partial charge in [-0.25, -0.2) is 28.1 Å². The SMILES string of the molecule is Cc1ncc(C(=O)Nc2cc(C(=O)Nc3cnc(OCC(C)(F)F)cn3)c(F)cc2C)s1. The van der Waals surface area contributed by atoms with E-state index < -0.39 is 30.2 Å². The second kappa shape index (κ2) is 9.30. The van der Waals surface area contributed by atoms with Crippen molar-refractivity contribution < 1.29 is 27.5 Å². The molecule has 0 saturated heterocycles. The van der Waals surface area contributed by atoms with Crippen molar-refractivity contribution in [2.45, 2.75) is 26.7 Å². The van der Waals surface area contributed by atoms with Crippen molar-refractivity contribution in [3.05, 3.63) is 57.6 Å². The van der Waals surface area contributed by atoms with Crippen molar-refractivity contribution in [3.63, 3.8) is 0 Å². The van der Waals surface area contributed by atoms with Crippen molar-refractivity contribution in [3.8, 4) is 5.88 Å². The summed E-state index contributed by atoms with van der Waals surface area (Å²) < 4.78 is 44.9. The van der Waals surface area contributed by atoms with Crippen LogP contribution in [0.15, 0.2) is 30.7 Å². The number of hydrogen-bond donors (Lipinski definition) is 2.